The first-order chi connectivity index (χ1) is 7.60. The van der Waals surface area contributed by atoms with Crippen LogP contribution in [-0.2, 0) is 41.1 Å². The zero-order chi connectivity index (χ0) is 12.4. The third-order valence-electron chi connectivity index (χ3n) is 1.70. The minimum atomic E-state index is -0.394. The summed E-state index contributed by atoms with van der Waals surface area (Å²) in [6.07, 6.45) is 8.20. The summed E-state index contributed by atoms with van der Waals surface area (Å²) in [6, 6.07) is 0. The Morgan fingerprint density at radius 2 is 1.19 bits per heavy atom. The predicted molar refractivity (Wildman–Crippen MR) is 79.1 cm³/mol. The molecule has 0 radical (unpaired) electrons. The van der Waals surface area contributed by atoms with Gasteiger partial charge in [0.15, 0.2) is 6.26 Å². The molecule has 0 aromatic heterocycles. The van der Waals surface area contributed by atoms with Crippen molar-refractivity contribution in [2.24, 2.45) is 11.5 Å². The summed E-state index contributed by atoms with van der Waals surface area (Å²) in [5.74, 6) is 2.05. The first-order valence-corrected chi connectivity index (χ1v) is 10.2. The zero-order valence-electron chi connectivity index (χ0n) is 10.4. The third-order valence-corrected chi connectivity index (χ3v) is 6.81. The van der Waals surface area contributed by atoms with Crippen LogP contribution in [0.3, 0.4) is 0 Å². The van der Waals surface area contributed by atoms with Crippen LogP contribution in [0, 0.1) is 0 Å². The summed E-state index contributed by atoms with van der Waals surface area (Å²) in [5.41, 5.74) is 10.9. The van der Waals surface area contributed by atoms with Gasteiger partial charge in [0.05, 0.1) is 7.26 Å². The molecule has 0 aliphatic heterocycles. The van der Waals surface area contributed by atoms with E-state index in [2.05, 4.69) is 12.5 Å². The third kappa shape index (κ3) is 10.1. The molecule has 0 saturated heterocycles. The summed E-state index contributed by atoms with van der Waals surface area (Å²) in [6.45, 7) is 1.46. The van der Waals surface area contributed by atoms with Gasteiger partial charge in [0.1, 0.15) is 24.0 Å². The van der Waals surface area contributed by atoms with Crippen molar-refractivity contribution in [3.05, 3.63) is 0 Å². The highest BCUT2D eigenvalue weighted by Gasteiger charge is 2.36. The van der Waals surface area contributed by atoms with E-state index in [-0.39, 0.29) is 22.4 Å². The highest BCUT2D eigenvalue weighted by atomic mass is 32.3. The second-order valence-electron chi connectivity index (χ2n) is 3.38. The van der Waals surface area contributed by atoms with Gasteiger partial charge in [0, 0.05) is 12.8 Å². The Hall–Kier alpha value is 0.890. The SMILES string of the molecule is C[S+](CCCN)O[S+](C)O[S+](C)CCCN. The Kier molecular flexibility index (Phi) is 11.6. The van der Waals surface area contributed by atoms with Crippen molar-refractivity contribution in [1.82, 2.24) is 0 Å². The Morgan fingerprint density at radius 1 is 0.812 bits per heavy atom. The average Bonchev–Trinajstić information content (AvgIpc) is 2.23. The second-order valence-corrected chi connectivity index (χ2v) is 8.38. The van der Waals surface area contributed by atoms with Gasteiger partial charge in [-0.05, 0) is 13.1 Å². The minimum absolute atomic E-state index is 0.0350. The maximum Gasteiger partial charge on any atom is 0.424 e. The van der Waals surface area contributed by atoms with Crippen LogP contribution in [-0.4, -0.2) is 43.4 Å². The van der Waals surface area contributed by atoms with E-state index >= 15 is 0 Å². The summed E-state index contributed by atoms with van der Waals surface area (Å²) < 4.78 is 11.5. The number of hydrogen-bond acceptors (Lipinski definition) is 4. The smallest absolute Gasteiger partial charge is 0.330 e. The van der Waals surface area contributed by atoms with E-state index < -0.39 is 11.5 Å². The maximum absolute atomic E-state index is 5.76. The first-order valence-electron chi connectivity index (χ1n) is 5.29. The molecule has 2 unspecified atom stereocenters. The summed E-state index contributed by atoms with van der Waals surface area (Å²) in [4.78, 5) is 0. The molecule has 0 amide bonds. The molecule has 0 aliphatic rings. The molecule has 4 nitrogen and oxygen atoms in total. The van der Waals surface area contributed by atoms with E-state index in [1.807, 2.05) is 6.26 Å². The van der Waals surface area contributed by atoms with Gasteiger partial charge in [0.2, 0.25) is 22.4 Å². The maximum atomic E-state index is 5.76. The topological polar surface area (TPSA) is 70.5 Å². The van der Waals surface area contributed by atoms with E-state index in [0.717, 1.165) is 37.4 Å². The van der Waals surface area contributed by atoms with Crippen LogP contribution in [0.15, 0.2) is 0 Å². The monoisotopic (exact) mass is 289 g/mol. The van der Waals surface area contributed by atoms with Crippen molar-refractivity contribution in [3.8, 4) is 0 Å². The van der Waals surface area contributed by atoms with Gasteiger partial charge in [-0.1, -0.05) is 0 Å². The normalized spacial score (nSPS) is 17.1. The van der Waals surface area contributed by atoms with Crippen LogP contribution >= 0.6 is 0 Å². The molecule has 0 bridgehead atoms. The Morgan fingerprint density at radius 3 is 1.50 bits per heavy atom. The fourth-order valence-corrected chi connectivity index (χ4v) is 5.58. The molecule has 98 valence electrons. The second kappa shape index (κ2) is 11.0. The van der Waals surface area contributed by atoms with Crippen molar-refractivity contribution in [2.75, 3.05) is 43.4 Å². The van der Waals surface area contributed by atoms with Crippen LogP contribution in [0.1, 0.15) is 12.8 Å². The van der Waals surface area contributed by atoms with E-state index in [1.165, 1.54) is 0 Å². The predicted octanol–water partition coefficient (Wildman–Crippen LogP) is 0.122. The number of hydrogen-bond donors (Lipinski definition) is 2. The summed E-state index contributed by atoms with van der Waals surface area (Å²) in [7, 11) is 0. The molecule has 0 aliphatic carbocycles. The standard InChI is InChI=1S/C9H25N2O2S3/c1-14(8-4-6-10)12-16(3)13-15(2)9-5-7-11/h4-11H2,1-3H3/q+3. The van der Waals surface area contributed by atoms with Crippen molar-refractivity contribution in [1.29, 1.82) is 0 Å². The Balaban J connectivity index is 3.58. The van der Waals surface area contributed by atoms with Crippen LogP contribution in [0.4, 0.5) is 0 Å². The number of rotatable bonds is 10. The molecule has 0 aromatic carbocycles. The Labute approximate surface area is 109 Å². The van der Waals surface area contributed by atoms with Crippen molar-refractivity contribution < 1.29 is 7.26 Å². The molecule has 0 rings (SSSR count). The highest BCUT2D eigenvalue weighted by molar-refractivity contribution is 8.07. The van der Waals surface area contributed by atoms with E-state index in [1.54, 1.807) is 0 Å². The molecule has 0 saturated carbocycles. The lowest BCUT2D eigenvalue weighted by atomic mass is 10.5. The quantitative estimate of drug-likeness (QED) is 0.561. The van der Waals surface area contributed by atoms with E-state index in [4.69, 9.17) is 18.7 Å². The number of nitrogens with two attached hydrogens (primary N) is 2. The van der Waals surface area contributed by atoms with Gasteiger partial charge < -0.3 is 11.5 Å². The molecule has 16 heavy (non-hydrogen) atoms. The molecule has 7 heteroatoms. The van der Waals surface area contributed by atoms with Gasteiger partial charge >= 0.3 is 11.5 Å². The van der Waals surface area contributed by atoms with Crippen LogP contribution in [0.5, 0.6) is 0 Å². The molecule has 4 N–H and O–H groups in total. The van der Waals surface area contributed by atoms with E-state index in [0.29, 0.717) is 0 Å². The largest absolute Gasteiger partial charge is 0.424 e. The molecule has 0 aromatic rings. The van der Waals surface area contributed by atoms with E-state index in [9.17, 15) is 0 Å². The molecule has 2 atom stereocenters. The fraction of sp³-hybridized carbons (Fsp3) is 1.00. The lowest BCUT2D eigenvalue weighted by Crippen LogP contribution is -2.22. The Bertz CT molecular complexity index is 150. The summed E-state index contributed by atoms with van der Waals surface area (Å²) >= 11 is -0.464. The van der Waals surface area contributed by atoms with Crippen molar-refractivity contribution in [3.63, 3.8) is 0 Å². The van der Waals surface area contributed by atoms with Crippen LogP contribution < -0.4 is 11.5 Å². The molecular formula is C9H25N2O2S3+3. The highest BCUT2D eigenvalue weighted by Crippen LogP contribution is 2.10. The lowest BCUT2D eigenvalue weighted by molar-refractivity contribution is 0.591. The minimum Gasteiger partial charge on any atom is -0.330 e. The van der Waals surface area contributed by atoms with Gasteiger partial charge in [-0.15, -0.1) is 0 Å². The van der Waals surface area contributed by atoms with Crippen molar-refractivity contribution >= 4 is 33.8 Å². The van der Waals surface area contributed by atoms with Gasteiger partial charge in [-0.3, -0.25) is 0 Å². The first kappa shape index (κ1) is 16.9. The molecular weight excluding hydrogens is 264 g/mol. The molecule has 0 heterocycles. The fourth-order valence-electron chi connectivity index (χ4n) is 0.980. The lowest BCUT2D eigenvalue weighted by Gasteiger charge is -1.98. The molecule has 0 fully saturated rings. The van der Waals surface area contributed by atoms with Gasteiger partial charge in [-0.25, -0.2) is 0 Å². The zero-order valence-corrected chi connectivity index (χ0v) is 12.9. The summed E-state index contributed by atoms with van der Waals surface area (Å²) in [5, 5.41) is 0. The average molecular weight is 290 g/mol. The molecule has 0 spiro atoms. The van der Waals surface area contributed by atoms with Crippen molar-refractivity contribution in [2.45, 2.75) is 12.8 Å². The van der Waals surface area contributed by atoms with Crippen LogP contribution in [0.25, 0.3) is 0 Å². The van der Waals surface area contributed by atoms with Gasteiger partial charge in [0.25, 0.3) is 0 Å². The van der Waals surface area contributed by atoms with Crippen LogP contribution in [0.2, 0.25) is 0 Å². The van der Waals surface area contributed by atoms with Gasteiger partial charge in [-0.2, -0.15) is 0 Å².